The summed E-state index contributed by atoms with van der Waals surface area (Å²) in [6.07, 6.45) is 0. The van der Waals surface area contributed by atoms with Gasteiger partial charge in [-0.3, -0.25) is 0 Å². The Bertz CT molecular complexity index is 402. The molecule has 18 heavy (non-hydrogen) atoms. The summed E-state index contributed by atoms with van der Waals surface area (Å²) in [5.74, 6) is -0.488. The Balaban J connectivity index is 3.20. The Morgan fingerprint density at radius 1 is 0.944 bits per heavy atom. The molecule has 0 aliphatic heterocycles. The van der Waals surface area contributed by atoms with Crippen molar-refractivity contribution >= 4 is 5.97 Å². The molecule has 0 heterocycles. The summed E-state index contributed by atoms with van der Waals surface area (Å²) in [6, 6.07) is 7.29. The molecule has 0 saturated carbocycles. The Labute approximate surface area is 110 Å². The molecular formula is C16H24O2. The standard InChI is InChI=1S/C16H24O2/c1-15(2,3)13(16(4,5)6)11-7-9-12(10-8-11)14(17)18/h7-10,13H,1-6H3,(H,17,18). The SMILES string of the molecule is CC(C)(C)C(c1ccc(C(=O)O)cc1)C(C)(C)C. The molecule has 1 aromatic carbocycles. The predicted octanol–water partition coefficient (Wildman–Crippen LogP) is 4.56. The fraction of sp³-hybridized carbons (Fsp3) is 0.562. The van der Waals surface area contributed by atoms with E-state index in [1.165, 1.54) is 5.56 Å². The first-order valence-corrected chi connectivity index (χ1v) is 6.37. The highest BCUT2D eigenvalue weighted by molar-refractivity contribution is 5.87. The van der Waals surface area contributed by atoms with Crippen molar-refractivity contribution in [1.29, 1.82) is 0 Å². The third-order valence-electron chi connectivity index (χ3n) is 3.22. The molecule has 0 atom stereocenters. The van der Waals surface area contributed by atoms with Crippen LogP contribution < -0.4 is 0 Å². The molecule has 0 saturated heterocycles. The number of carboxylic acids is 1. The van der Waals surface area contributed by atoms with E-state index in [9.17, 15) is 4.79 Å². The van der Waals surface area contributed by atoms with Crippen LogP contribution in [0.15, 0.2) is 24.3 Å². The second-order valence-electron chi connectivity index (χ2n) is 7.09. The number of rotatable bonds is 2. The van der Waals surface area contributed by atoms with Gasteiger partial charge in [-0.05, 0) is 34.4 Å². The molecule has 0 aliphatic carbocycles. The second-order valence-corrected chi connectivity index (χ2v) is 7.09. The summed E-state index contributed by atoms with van der Waals surface area (Å²) in [5, 5.41) is 8.93. The van der Waals surface area contributed by atoms with Gasteiger partial charge in [-0.2, -0.15) is 0 Å². The lowest BCUT2D eigenvalue weighted by atomic mass is 9.63. The summed E-state index contributed by atoms with van der Waals surface area (Å²) in [5.41, 5.74) is 1.84. The van der Waals surface area contributed by atoms with Gasteiger partial charge < -0.3 is 5.11 Å². The van der Waals surface area contributed by atoms with E-state index in [1.54, 1.807) is 12.1 Å². The Morgan fingerprint density at radius 2 is 1.33 bits per heavy atom. The summed E-state index contributed by atoms with van der Waals surface area (Å²) < 4.78 is 0. The fourth-order valence-corrected chi connectivity index (χ4v) is 3.12. The average Bonchev–Trinajstić information content (AvgIpc) is 2.13. The highest BCUT2D eigenvalue weighted by Gasteiger charge is 2.35. The molecule has 0 aliphatic rings. The van der Waals surface area contributed by atoms with Crippen LogP contribution in [-0.2, 0) is 0 Å². The molecule has 0 fully saturated rings. The summed E-state index contributed by atoms with van der Waals surface area (Å²) >= 11 is 0. The van der Waals surface area contributed by atoms with E-state index in [-0.39, 0.29) is 10.8 Å². The molecule has 0 radical (unpaired) electrons. The number of carbonyl (C=O) groups is 1. The Kier molecular flexibility index (Phi) is 3.89. The quantitative estimate of drug-likeness (QED) is 0.833. The number of hydrogen-bond acceptors (Lipinski definition) is 1. The number of hydrogen-bond donors (Lipinski definition) is 1. The zero-order valence-corrected chi connectivity index (χ0v) is 12.2. The first kappa shape index (κ1) is 14.7. The first-order valence-electron chi connectivity index (χ1n) is 6.37. The summed E-state index contributed by atoms with van der Waals surface area (Å²) in [7, 11) is 0. The van der Waals surface area contributed by atoms with E-state index in [1.807, 2.05) is 12.1 Å². The first-order chi connectivity index (χ1) is 8.03. The molecule has 1 N–H and O–H groups in total. The third-order valence-corrected chi connectivity index (χ3v) is 3.22. The van der Waals surface area contributed by atoms with Crippen LogP contribution in [-0.4, -0.2) is 11.1 Å². The van der Waals surface area contributed by atoms with E-state index in [2.05, 4.69) is 41.5 Å². The molecule has 0 spiro atoms. The number of benzene rings is 1. The van der Waals surface area contributed by atoms with Gasteiger partial charge in [-0.15, -0.1) is 0 Å². The van der Waals surface area contributed by atoms with Gasteiger partial charge in [0.15, 0.2) is 0 Å². The molecule has 1 rings (SSSR count). The lowest BCUT2D eigenvalue weighted by Gasteiger charge is -2.41. The van der Waals surface area contributed by atoms with E-state index in [0.29, 0.717) is 11.5 Å². The van der Waals surface area contributed by atoms with Crippen LogP contribution in [0.1, 0.15) is 63.4 Å². The minimum absolute atomic E-state index is 0.142. The molecule has 2 nitrogen and oxygen atoms in total. The van der Waals surface area contributed by atoms with E-state index >= 15 is 0 Å². The van der Waals surface area contributed by atoms with Crippen LogP contribution in [0.3, 0.4) is 0 Å². The Hall–Kier alpha value is -1.31. The van der Waals surface area contributed by atoms with Crippen molar-refractivity contribution in [2.75, 3.05) is 0 Å². The molecular weight excluding hydrogens is 224 g/mol. The zero-order chi connectivity index (χ0) is 14.1. The lowest BCUT2D eigenvalue weighted by molar-refractivity contribution is 0.0697. The van der Waals surface area contributed by atoms with Gasteiger partial charge >= 0.3 is 5.97 Å². The van der Waals surface area contributed by atoms with Crippen molar-refractivity contribution in [3.63, 3.8) is 0 Å². The maximum absolute atomic E-state index is 10.9. The molecule has 1 aromatic rings. The van der Waals surface area contributed by atoms with Gasteiger partial charge in [0.2, 0.25) is 0 Å². The van der Waals surface area contributed by atoms with Crippen LogP contribution >= 0.6 is 0 Å². The van der Waals surface area contributed by atoms with Crippen molar-refractivity contribution in [1.82, 2.24) is 0 Å². The largest absolute Gasteiger partial charge is 0.478 e. The van der Waals surface area contributed by atoms with Crippen LogP contribution in [0.2, 0.25) is 0 Å². The van der Waals surface area contributed by atoms with Crippen LogP contribution in [0.5, 0.6) is 0 Å². The van der Waals surface area contributed by atoms with Crippen molar-refractivity contribution in [3.8, 4) is 0 Å². The van der Waals surface area contributed by atoms with Crippen molar-refractivity contribution in [3.05, 3.63) is 35.4 Å². The molecule has 0 unspecified atom stereocenters. The average molecular weight is 248 g/mol. The lowest BCUT2D eigenvalue weighted by Crippen LogP contribution is -2.30. The molecule has 0 amide bonds. The second kappa shape index (κ2) is 4.75. The molecule has 0 aromatic heterocycles. The highest BCUT2D eigenvalue weighted by atomic mass is 16.4. The van der Waals surface area contributed by atoms with Gasteiger partial charge in [0.25, 0.3) is 0 Å². The third kappa shape index (κ3) is 3.34. The molecule has 2 heteroatoms. The summed E-state index contributed by atoms with van der Waals surface area (Å²) in [6.45, 7) is 13.4. The van der Waals surface area contributed by atoms with Crippen LogP contribution in [0.4, 0.5) is 0 Å². The van der Waals surface area contributed by atoms with E-state index in [4.69, 9.17) is 5.11 Å². The van der Waals surface area contributed by atoms with E-state index < -0.39 is 5.97 Å². The van der Waals surface area contributed by atoms with Gasteiger partial charge in [0, 0.05) is 0 Å². The van der Waals surface area contributed by atoms with E-state index in [0.717, 1.165) is 0 Å². The van der Waals surface area contributed by atoms with Crippen molar-refractivity contribution in [2.24, 2.45) is 10.8 Å². The number of aromatic carboxylic acids is 1. The van der Waals surface area contributed by atoms with Crippen molar-refractivity contribution in [2.45, 2.75) is 47.5 Å². The van der Waals surface area contributed by atoms with Crippen LogP contribution in [0, 0.1) is 10.8 Å². The number of carboxylic acid groups (broad SMARTS) is 1. The molecule has 0 bridgehead atoms. The molecule has 100 valence electrons. The monoisotopic (exact) mass is 248 g/mol. The maximum Gasteiger partial charge on any atom is 0.335 e. The van der Waals surface area contributed by atoms with Crippen LogP contribution in [0.25, 0.3) is 0 Å². The predicted molar refractivity (Wildman–Crippen MR) is 75.1 cm³/mol. The zero-order valence-electron chi connectivity index (χ0n) is 12.2. The Morgan fingerprint density at radius 3 is 1.61 bits per heavy atom. The van der Waals surface area contributed by atoms with Gasteiger partial charge in [0.05, 0.1) is 5.56 Å². The fourth-order valence-electron chi connectivity index (χ4n) is 3.12. The van der Waals surface area contributed by atoms with Gasteiger partial charge in [0.1, 0.15) is 0 Å². The highest BCUT2D eigenvalue weighted by Crippen LogP contribution is 2.47. The normalized spacial score (nSPS) is 12.8. The topological polar surface area (TPSA) is 37.3 Å². The minimum atomic E-state index is -0.871. The van der Waals surface area contributed by atoms with Crippen molar-refractivity contribution < 1.29 is 9.90 Å². The summed E-state index contributed by atoms with van der Waals surface area (Å²) in [4.78, 5) is 10.9. The maximum atomic E-state index is 10.9. The van der Waals surface area contributed by atoms with Gasteiger partial charge in [-0.1, -0.05) is 53.7 Å². The smallest absolute Gasteiger partial charge is 0.335 e. The minimum Gasteiger partial charge on any atom is -0.478 e. The van der Waals surface area contributed by atoms with Gasteiger partial charge in [-0.25, -0.2) is 4.79 Å².